The molecule has 1 aromatic carbocycles. The van der Waals surface area contributed by atoms with E-state index in [0.29, 0.717) is 6.54 Å². The third-order valence-corrected chi connectivity index (χ3v) is 4.02. The van der Waals surface area contributed by atoms with Crippen LogP contribution < -0.4 is 5.73 Å². The molecular weight excluding hydrogens is 290 g/mol. The average molecular weight is 307 g/mol. The Balaban J connectivity index is 1.53. The van der Waals surface area contributed by atoms with Gasteiger partial charge in [0.2, 0.25) is 5.89 Å². The molecule has 0 unspecified atom stereocenters. The number of hydrogen-bond donors (Lipinski definition) is 1. The van der Waals surface area contributed by atoms with Gasteiger partial charge in [-0.05, 0) is 24.3 Å². The normalized spacial score (nSPS) is 14.6. The predicted molar refractivity (Wildman–Crippen MR) is 86.2 cm³/mol. The zero-order valence-corrected chi connectivity index (χ0v) is 12.6. The van der Waals surface area contributed by atoms with Crippen molar-refractivity contribution in [3.8, 4) is 11.4 Å². The van der Waals surface area contributed by atoms with Gasteiger partial charge in [-0.15, -0.1) is 0 Å². The van der Waals surface area contributed by atoms with Gasteiger partial charge < -0.3 is 10.2 Å². The summed E-state index contributed by atoms with van der Waals surface area (Å²) < 4.78 is 5.32. The highest BCUT2D eigenvalue weighted by Crippen LogP contribution is 2.22. The minimum atomic E-state index is 0.714. The van der Waals surface area contributed by atoms with Gasteiger partial charge in [0.05, 0.1) is 18.4 Å². The summed E-state index contributed by atoms with van der Waals surface area (Å²) in [6, 6.07) is 7.65. The monoisotopic (exact) mass is 307 g/mol. The molecule has 0 aliphatic carbocycles. The standard InChI is InChI=1S/C17H17N5O/c18-14-3-1-12(2-4-14)17-20-9-13-10-22(7-5-15(13)21-17)11-16-19-6-8-23-16/h1-4,6,8-9H,5,7,10-11,18H2. The van der Waals surface area contributed by atoms with E-state index >= 15 is 0 Å². The quantitative estimate of drug-likeness (QED) is 0.748. The van der Waals surface area contributed by atoms with Crippen LogP contribution in [-0.4, -0.2) is 26.4 Å². The molecule has 0 atom stereocenters. The molecular formula is C17H17N5O. The van der Waals surface area contributed by atoms with E-state index < -0.39 is 0 Å². The minimum Gasteiger partial charge on any atom is -0.448 e. The summed E-state index contributed by atoms with van der Waals surface area (Å²) in [6.07, 6.45) is 6.11. The second-order valence-corrected chi connectivity index (χ2v) is 5.67. The van der Waals surface area contributed by atoms with E-state index in [1.165, 1.54) is 5.56 Å². The largest absolute Gasteiger partial charge is 0.448 e. The van der Waals surface area contributed by atoms with Gasteiger partial charge in [0, 0.05) is 42.5 Å². The van der Waals surface area contributed by atoms with Crippen LogP contribution in [0.25, 0.3) is 11.4 Å². The third-order valence-electron chi connectivity index (χ3n) is 4.02. The van der Waals surface area contributed by atoms with Gasteiger partial charge in [-0.1, -0.05) is 0 Å². The second kappa shape index (κ2) is 5.81. The molecule has 6 nitrogen and oxygen atoms in total. The fourth-order valence-electron chi connectivity index (χ4n) is 2.80. The highest BCUT2D eigenvalue weighted by molar-refractivity contribution is 5.58. The first-order chi connectivity index (χ1) is 11.3. The van der Waals surface area contributed by atoms with Crippen LogP contribution in [0.4, 0.5) is 5.69 Å². The Bertz CT molecular complexity index is 798. The summed E-state index contributed by atoms with van der Waals surface area (Å²) in [5.74, 6) is 1.50. The van der Waals surface area contributed by atoms with Crippen molar-refractivity contribution in [3.05, 3.63) is 60.1 Å². The van der Waals surface area contributed by atoms with Crippen molar-refractivity contribution >= 4 is 5.69 Å². The Morgan fingerprint density at radius 1 is 1.17 bits per heavy atom. The van der Waals surface area contributed by atoms with Gasteiger partial charge in [0.1, 0.15) is 6.26 Å². The van der Waals surface area contributed by atoms with Crippen LogP contribution in [-0.2, 0) is 19.5 Å². The van der Waals surface area contributed by atoms with Crippen LogP contribution in [0.2, 0.25) is 0 Å². The van der Waals surface area contributed by atoms with Gasteiger partial charge in [0.15, 0.2) is 5.82 Å². The van der Waals surface area contributed by atoms with E-state index in [-0.39, 0.29) is 0 Å². The van der Waals surface area contributed by atoms with E-state index in [0.717, 1.165) is 48.2 Å². The molecule has 4 rings (SSSR count). The molecule has 0 saturated heterocycles. The number of anilines is 1. The van der Waals surface area contributed by atoms with Gasteiger partial charge in [-0.3, -0.25) is 4.90 Å². The van der Waals surface area contributed by atoms with E-state index in [1.54, 1.807) is 12.5 Å². The summed E-state index contributed by atoms with van der Waals surface area (Å²) in [5.41, 5.74) is 9.75. The zero-order chi connectivity index (χ0) is 15.6. The highest BCUT2D eigenvalue weighted by Gasteiger charge is 2.20. The smallest absolute Gasteiger partial charge is 0.208 e. The number of oxazole rings is 1. The first-order valence-electron chi connectivity index (χ1n) is 7.59. The molecule has 0 radical (unpaired) electrons. The summed E-state index contributed by atoms with van der Waals surface area (Å²) in [6.45, 7) is 2.47. The molecule has 1 aliphatic heterocycles. The minimum absolute atomic E-state index is 0.714. The van der Waals surface area contributed by atoms with Gasteiger partial charge in [0.25, 0.3) is 0 Å². The average Bonchev–Trinajstić information content (AvgIpc) is 3.08. The molecule has 2 N–H and O–H groups in total. The molecule has 1 aliphatic rings. The molecule has 3 aromatic rings. The number of rotatable bonds is 3. The number of nitrogen functional groups attached to an aromatic ring is 1. The summed E-state index contributed by atoms with van der Waals surface area (Å²) in [4.78, 5) is 15.7. The van der Waals surface area contributed by atoms with Crippen LogP contribution in [0, 0.1) is 0 Å². The van der Waals surface area contributed by atoms with Crippen LogP contribution in [0.5, 0.6) is 0 Å². The fraction of sp³-hybridized carbons (Fsp3) is 0.235. The molecule has 116 valence electrons. The third kappa shape index (κ3) is 2.93. The highest BCUT2D eigenvalue weighted by atomic mass is 16.3. The van der Waals surface area contributed by atoms with Crippen molar-refractivity contribution in [1.82, 2.24) is 19.9 Å². The fourth-order valence-corrected chi connectivity index (χ4v) is 2.80. The molecule has 23 heavy (non-hydrogen) atoms. The molecule has 0 saturated carbocycles. The van der Waals surface area contributed by atoms with Crippen molar-refractivity contribution in [3.63, 3.8) is 0 Å². The maximum Gasteiger partial charge on any atom is 0.208 e. The molecule has 6 heteroatoms. The maximum atomic E-state index is 5.73. The lowest BCUT2D eigenvalue weighted by Gasteiger charge is -2.26. The number of hydrogen-bond acceptors (Lipinski definition) is 6. The summed E-state index contributed by atoms with van der Waals surface area (Å²) >= 11 is 0. The predicted octanol–water partition coefficient (Wildman–Crippen LogP) is 2.27. The Hall–Kier alpha value is -2.73. The van der Waals surface area contributed by atoms with Crippen molar-refractivity contribution in [2.24, 2.45) is 0 Å². The first-order valence-corrected chi connectivity index (χ1v) is 7.59. The van der Waals surface area contributed by atoms with E-state index in [1.807, 2.05) is 30.5 Å². The van der Waals surface area contributed by atoms with Crippen LogP contribution in [0.1, 0.15) is 17.1 Å². The number of nitrogens with two attached hydrogens (primary N) is 1. The van der Waals surface area contributed by atoms with E-state index in [2.05, 4.69) is 14.9 Å². The maximum absolute atomic E-state index is 5.73. The lowest BCUT2D eigenvalue weighted by molar-refractivity contribution is 0.219. The lowest BCUT2D eigenvalue weighted by Crippen LogP contribution is -2.31. The number of fused-ring (bicyclic) bond motifs is 1. The Labute approximate surface area is 134 Å². The Morgan fingerprint density at radius 3 is 2.83 bits per heavy atom. The van der Waals surface area contributed by atoms with Crippen molar-refractivity contribution in [2.75, 3.05) is 12.3 Å². The summed E-state index contributed by atoms with van der Waals surface area (Å²) in [5, 5.41) is 0. The van der Waals surface area contributed by atoms with Crippen LogP contribution in [0.3, 0.4) is 0 Å². The van der Waals surface area contributed by atoms with E-state index in [4.69, 9.17) is 15.1 Å². The topological polar surface area (TPSA) is 81.1 Å². The number of nitrogens with zero attached hydrogens (tertiary/aromatic N) is 4. The lowest BCUT2D eigenvalue weighted by atomic mass is 10.1. The molecule has 2 aromatic heterocycles. The van der Waals surface area contributed by atoms with Crippen molar-refractivity contribution in [2.45, 2.75) is 19.5 Å². The van der Waals surface area contributed by atoms with Crippen LogP contribution in [0.15, 0.2) is 47.3 Å². The molecule has 0 bridgehead atoms. The summed E-state index contributed by atoms with van der Waals surface area (Å²) in [7, 11) is 0. The van der Waals surface area contributed by atoms with Crippen LogP contribution >= 0.6 is 0 Å². The van der Waals surface area contributed by atoms with Gasteiger partial charge in [-0.2, -0.15) is 0 Å². The van der Waals surface area contributed by atoms with Gasteiger partial charge in [-0.25, -0.2) is 15.0 Å². The molecule has 0 fully saturated rings. The Morgan fingerprint density at radius 2 is 2.04 bits per heavy atom. The Kier molecular flexibility index (Phi) is 3.51. The van der Waals surface area contributed by atoms with Gasteiger partial charge >= 0.3 is 0 Å². The number of benzene rings is 1. The van der Waals surface area contributed by atoms with Crippen molar-refractivity contribution < 1.29 is 4.42 Å². The SMILES string of the molecule is Nc1ccc(-c2ncc3c(n2)CCN(Cc2ncco2)C3)cc1. The van der Waals surface area contributed by atoms with Crippen molar-refractivity contribution in [1.29, 1.82) is 0 Å². The number of aromatic nitrogens is 3. The molecule has 3 heterocycles. The molecule has 0 amide bonds. The zero-order valence-electron chi connectivity index (χ0n) is 12.6. The molecule has 0 spiro atoms. The first kappa shape index (κ1) is 13.9. The second-order valence-electron chi connectivity index (χ2n) is 5.67. The van der Waals surface area contributed by atoms with E-state index in [9.17, 15) is 0 Å².